The van der Waals surface area contributed by atoms with Gasteiger partial charge in [-0.1, -0.05) is 103 Å². The molecule has 4 aromatic carbocycles. The Hall–Kier alpha value is -4.19. The molecule has 0 bridgehead atoms. The van der Waals surface area contributed by atoms with Gasteiger partial charge in [0.15, 0.2) is 11.3 Å². The molecule has 4 rings (SSSR count). The van der Waals surface area contributed by atoms with Gasteiger partial charge in [0.2, 0.25) is 0 Å². The zero-order chi connectivity index (χ0) is 25.6. The Bertz CT molecular complexity index is 1280. The number of carbonyl (C=O) groups is 1. The molecule has 0 aromatic heterocycles. The van der Waals surface area contributed by atoms with Crippen LogP contribution in [0.3, 0.4) is 0 Å². The summed E-state index contributed by atoms with van der Waals surface area (Å²) >= 11 is 0. The maximum atomic E-state index is 15.2. The van der Waals surface area contributed by atoms with Gasteiger partial charge in [0.25, 0.3) is 0 Å². The van der Waals surface area contributed by atoms with Crippen LogP contribution < -0.4 is 4.74 Å². The highest BCUT2D eigenvalue weighted by atomic mass is 19.4. The highest BCUT2D eigenvalue weighted by Gasteiger charge is 2.57. The molecular weight excluding hydrogens is 463 g/mol. The predicted molar refractivity (Wildman–Crippen MR) is 135 cm³/mol. The number of rotatable bonds is 8. The number of hydrogen-bond acceptors (Lipinski definition) is 3. The summed E-state index contributed by atoms with van der Waals surface area (Å²) in [6, 6.07) is 30.9. The van der Waals surface area contributed by atoms with E-state index < -0.39 is 23.9 Å². The maximum absolute atomic E-state index is 15.2. The van der Waals surface area contributed by atoms with Crippen LogP contribution in [-0.2, 0) is 5.54 Å². The molecular formula is C30H24F3NO2. The van der Waals surface area contributed by atoms with Gasteiger partial charge in [-0.2, -0.15) is 13.2 Å². The van der Waals surface area contributed by atoms with Crippen molar-refractivity contribution < 1.29 is 22.7 Å². The molecule has 0 aliphatic rings. The van der Waals surface area contributed by atoms with Crippen LogP contribution in [0, 0.1) is 0 Å². The van der Waals surface area contributed by atoms with E-state index in [0.29, 0.717) is 16.9 Å². The van der Waals surface area contributed by atoms with E-state index in [4.69, 9.17) is 4.74 Å². The molecule has 0 fully saturated rings. The molecule has 0 amide bonds. The summed E-state index contributed by atoms with van der Waals surface area (Å²) in [6.45, 7) is 0. The van der Waals surface area contributed by atoms with E-state index >= 15 is 13.2 Å². The Morgan fingerprint density at radius 1 is 0.694 bits per heavy atom. The number of hydrogen-bond donors (Lipinski definition) is 0. The van der Waals surface area contributed by atoms with Crippen molar-refractivity contribution in [2.24, 2.45) is 4.99 Å². The van der Waals surface area contributed by atoms with Crippen LogP contribution in [0.4, 0.5) is 13.2 Å². The van der Waals surface area contributed by atoms with Crippen LogP contribution in [0.5, 0.6) is 5.75 Å². The van der Waals surface area contributed by atoms with Gasteiger partial charge in [0.1, 0.15) is 5.75 Å². The zero-order valence-corrected chi connectivity index (χ0v) is 19.6. The third-order valence-corrected chi connectivity index (χ3v) is 5.95. The number of carbonyl (C=O) groups excluding carboxylic acids is 1. The average molecular weight is 488 g/mol. The Balaban J connectivity index is 2.00. The number of halogens is 3. The molecule has 182 valence electrons. The lowest BCUT2D eigenvalue weighted by Gasteiger charge is -2.33. The lowest BCUT2D eigenvalue weighted by atomic mass is 9.82. The van der Waals surface area contributed by atoms with Crippen LogP contribution >= 0.6 is 0 Å². The average Bonchev–Trinajstić information content (AvgIpc) is 2.92. The maximum Gasteiger partial charge on any atom is 0.418 e. The number of ketones is 1. The minimum atomic E-state index is -4.89. The van der Waals surface area contributed by atoms with E-state index in [2.05, 4.69) is 4.99 Å². The van der Waals surface area contributed by atoms with Crippen molar-refractivity contribution in [2.45, 2.75) is 18.1 Å². The molecule has 0 aliphatic carbocycles. The van der Waals surface area contributed by atoms with E-state index in [1.165, 1.54) is 43.5 Å². The largest absolute Gasteiger partial charge is 0.497 e. The van der Waals surface area contributed by atoms with Crippen molar-refractivity contribution in [3.8, 4) is 5.75 Å². The number of ether oxygens (including phenoxy) is 1. The molecule has 0 aliphatic heterocycles. The number of methoxy groups -OCH3 is 1. The second-order valence-corrected chi connectivity index (χ2v) is 8.24. The molecule has 4 aromatic rings. The summed E-state index contributed by atoms with van der Waals surface area (Å²) in [7, 11) is 1.44. The van der Waals surface area contributed by atoms with Crippen molar-refractivity contribution in [3.63, 3.8) is 0 Å². The molecule has 6 heteroatoms. The van der Waals surface area contributed by atoms with E-state index in [1.54, 1.807) is 78.9 Å². The summed E-state index contributed by atoms with van der Waals surface area (Å²) < 4.78 is 50.8. The van der Waals surface area contributed by atoms with Crippen molar-refractivity contribution in [3.05, 3.63) is 138 Å². The molecule has 36 heavy (non-hydrogen) atoms. The third-order valence-electron chi connectivity index (χ3n) is 5.95. The standard InChI is InChI=1S/C30H24F3NO2/c1-36-26-19-17-25(18-20-26)29(30(31,32)33,21-27(35)22-11-5-2-6-12-22)34-28(23-13-7-3-8-14-23)24-15-9-4-10-16-24/h2-20H,21H2,1H3. The first kappa shape index (κ1) is 24.9. The van der Waals surface area contributed by atoms with Crippen LogP contribution in [0.1, 0.15) is 33.5 Å². The molecule has 0 saturated heterocycles. The van der Waals surface area contributed by atoms with Crippen LogP contribution in [-0.4, -0.2) is 24.8 Å². The Morgan fingerprint density at radius 3 is 1.56 bits per heavy atom. The van der Waals surface area contributed by atoms with Gasteiger partial charge >= 0.3 is 6.18 Å². The molecule has 0 saturated carbocycles. The lowest BCUT2D eigenvalue weighted by Crippen LogP contribution is -2.43. The lowest BCUT2D eigenvalue weighted by molar-refractivity contribution is -0.187. The fourth-order valence-electron chi connectivity index (χ4n) is 4.04. The van der Waals surface area contributed by atoms with Crippen molar-refractivity contribution in [1.29, 1.82) is 0 Å². The smallest absolute Gasteiger partial charge is 0.418 e. The molecule has 1 atom stereocenters. The van der Waals surface area contributed by atoms with Gasteiger partial charge in [-0.15, -0.1) is 0 Å². The second-order valence-electron chi connectivity index (χ2n) is 8.24. The van der Waals surface area contributed by atoms with Crippen molar-refractivity contribution >= 4 is 11.5 Å². The van der Waals surface area contributed by atoms with Gasteiger partial charge in [0, 0.05) is 23.1 Å². The Labute approximate surface area is 207 Å². The normalized spacial score (nSPS) is 12.9. The van der Waals surface area contributed by atoms with Crippen molar-refractivity contribution in [2.75, 3.05) is 7.11 Å². The monoisotopic (exact) mass is 487 g/mol. The highest BCUT2D eigenvalue weighted by Crippen LogP contribution is 2.47. The van der Waals surface area contributed by atoms with Gasteiger partial charge in [0.05, 0.1) is 12.8 Å². The zero-order valence-electron chi connectivity index (χ0n) is 19.6. The first-order chi connectivity index (χ1) is 17.3. The van der Waals surface area contributed by atoms with Gasteiger partial charge < -0.3 is 4.74 Å². The number of nitrogens with zero attached hydrogens (tertiary/aromatic N) is 1. The topological polar surface area (TPSA) is 38.7 Å². The third kappa shape index (κ3) is 5.23. The van der Waals surface area contributed by atoms with Crippen molar-refractivity contribution in [1.82, 2.24) is 0 Å². The Morgan fingerprint density at radius 2 is 1.14 bits per heavy atom. The molecule has 0 N–H and O–H groups in total. The van der Waals surface area contributed by atoms with E-state index in [0.717, 1.165) is 0 Å². The molecule has 0 heterocycles. The Kier molecular flexibility index (Phi) is 7.34. The van der Waals surface area contributed by atoms with Crippen LogP contribution in [0.15, 0.2) is 120 Å². The summed E-state index contributed by atoms with van der Waals surface area (Å²) in [5.41, 5.74) is -1.63. The number of benzene rings is 4. The van der Waals surface area contributed by atoms with Crippen LogP contribution in [0.2, 0.25) is 0 Å². The summed E-state index contributed by atoms with van der Waals surface area (Å²) in [5.74, 6) is -0.257. The predicted octanol–water partition coefficient (Wildman–Crippen LogP) is 7.26. The summed E-state index contributed by atoms with van der Waals surface area (Å²) in [6.07, 6.45) is -5.78. The van der Waals surface area contributed by atoms with E-state index in [9.17, 15) is 4.79 Å². The second kappa shape index (κ2) is 10.6. The highest BCUT2D eigenvalue weighted by molar-refractivity contribution is 6.13. The van der Waals surface area contributed by atoms with Gasteiger partial charge in [-0.3, -0.25) is 9.79 Å². The summed E-state index contributed by atoms with van der Waals surface area (Å²) in [4.78, 5) is 17.7. The molecule has 1 unspecified atom stereocenters. The molecule has 0 radical (unpaired) electrons. The fourth-order valence-corrected chi connectivity index (χ4v) is 4.04. The van der Waals surface area contributed by atoms with Crippen LogP contribution in [0.25, 0.3) is 0 Å². The first-order valence-electron chi connectivity index (χ1n) is 11.3. The van der Waals surface area contributed by atoms with Gasteiger partial charge in [-0.25, -0.2) is 0 Å². The van der Waals surface area contributed by atoms with E-state index in [1.807, 2.05) is 0 Å². The molecule has 3 nitrogen and oxygen atoms in total. The number of alkyl halides is 3. The first-order valence-corrected chi connectivity index (χ1v) is 11.3. The fraction of sp³-hybridized carbons (Fsp3) is 0.133. The minimum Gasteiger partial charge on any atom is -0.497 e. The number of aliphatic imine (C=N–C) groups is 1. The minimum absolute atomic E-state index is 0.144. The quantitative estimate of drug-likeness (QED) is 0.194. The molecule has 0 spiro atoms. The number of Topliss-reactive ketones (excluding diaryl/α,β-unsaturated/α-hetero) is 1. The van der Waals surface area contributed by atoms with Gasteiger partial charge in [-0.05, 0) is 17.7 Å². The van der Waals surface area contributed by atoms with E-state index in [-0.39, 0.29) is 16.8 Å². The summed E-state index contributed by atoms with van der Waals surface area (Å²) in [5, 5.41) is 0. The SMILES string of the molecule is COc1ccc(C(CC(=O)c2ccccc2)(N=C(c2ccccc2)c2ccccc2)C(F)(F)F)cc1.